The van der Waals surface area contributed by atoms with Crippen LogP contribution in [0, 0.1) is 6.57 Å². The monoisotopic (exact) mass is 318 g/mol. The third-order valence-electron chi connectivity index (χ3n) is 3.53. The van der Waals surface area contributed by atoms with Crippen LogP contribution in [0.1, 0.15) is 17.0 Å². The van der Waals surface area contributed by atoms with E-state index in [1.807, 2.05) is 30.3 Å². The summed E-state index contributed by atoms with van der Waals surface area (Å²) in [6, 6.07) is 13.1. The number of aromatic amines is 1. The van der Waals surface area contributed by atoms with E-state index in [0.29, 0.717) is 12.1 Å². The second-order valence-electron chi connectivity index (χ2n) is 5.22. The summed E-state index contributed by atoms with van der Waals surface area (Å²) in [5.74, 6) is 0.259. The number of hydrogen-bond acceptors (Lipinski definition) is 3. The molecule has 3 rings (SSSR count). The van der Waals surface area contributed by atoms with E-state index in [9.17, 15) is 4.79 Å². The maximum atomic E-state index is 10.9. The molecule has 0 spiro atoms. The standard InChI is InChI=1S/C18H14N4O2/c1-19-14-7-8-15-16(11-14)21-17(20-15)10-13-4-2-12(3-5-13)6-9-18(23)22-24/h2-9,11,24H,10H2,(H,20,21)(H,22,23)/b9-6+. The van der Waals surface area contributed by atoms with Gasteiger partial charge in [0.2, 0.25) is 0 Å². The molecule has 0 radical (unpaired) electrons. The molecule has 3 N–H and O–H groups in total. The molecule has 6 nitrogen and oxygen atoms in total. The van der Waals surface area contributed by atoms with Crippen molar-refractivity contribution in [2.24, 2.45) is 0 Å². The fourth-order valence-electron chi connectivity index (χ4n) is 2.35. The van der Waals surface area contributed by atoms with Crippen LogP contribution in [-0.4, -0.2) is 21.1 Å². The summed E-state index contributed by atoms with van der Waals surface area (Å²) in [7, 11) is 0. The van der Waals surface area contributed by atoms with Gasteiger partial charge in [0.15, 0.2) is 5.69 Å². The van der Waals surface area contributed by atoms with Gasteiger partial charge in [0, 0.05) is 12.5 Å². The zero-order valence-corrected chi connectivity index (χ0v) is 12.7. The number of carbonyl (C=O) groups is 1. The lowest BCUT2D eigenvalue weighted by Gasteiger charge is -1.99. The van der Waals surface area contributed by atoms with Crippen LogP contribution in [0.25, 0.3) is 22.0 Å². The highest BCUT2D eigenvalue weighted by Crippen LogP contribution is 2.20. The minimum atomic E-state index is -0.569. The van der Waals surface area contributed by atoms with Gasteiger partial charge in [-0.1, -0.05) is 30.3 Å². The Balaban J connectivity index is 1.75. The van der Waals surface area contributed by atoms with Crippen molar-refractivity contribution in [2.45, 2.75) is 6.42 Å². The Morgan fingerprint density at radius 2 is 2.08 bits per heavy atom. The fraction of sp³-hybridized carbons (Fsp3) is 0.0556. The predicted molar refractivity (Wildman–Crippen MR) is 90.6 cm³/mol. The van der Waals surface area contributed by atoms with E-state index < -0.39 is 5.91 Å². The Labute approximate surface area is 138 Å². The third kappa shape index (κ3) is 3.48. The maximum Gasteiger partial charge on any atom is 0.267 e. The van der Waals surface area contributed by atoms with E-state index in [-0.39, 0.29) is 0 Å². The zero-order chi connectivity index (χ0) is 16.9. The fourth-order valence-corrected chi connectivity index (χ4v) is 2.35. The molecule has 0 unspecified atom stereocenters. The normalized spacial score (nSPS) is 10.8. The van der Waals surface area contributed by atoms with Crippen LogP contribution in [0.15, 0.2) is 48.5 Å². The molecular formula is C18H14N4O2. The number of nitrogens with zero attached hydrogens (tertiary/aromatic N) is 2. The van der Waals surface area contributed by atoms with Crippen molar-refractivity contribution in [1.29, 1.82) is 0 Å². The number of H-pyrrole nitrogens is 1. The zero-order valence-electron chi connectivity index (χ0n) is 12.7. The number of aromatic nitrogens is 2. The number of nitrogens with one attached hydrogen (secondary N) is 2. The lowest BCUT2D eigenvalue weighted by atomic mass is 10.1. The molecule has 0 aliphatic heterocycles. The average molecular weight is 318 g/mol. The second-order valence-corrected chi connectivity index (χ2v) is 5.22. The first-order chi connectivity index (χ1) is 11.7. The van der Waals surface area contributed by atoms with Crippen molar-refractivity contribution < 1.29 is 10.0 Å². The number of amides is 1. The Morgan fingerprint density at radius 1 is 1.29 bits per heavy atom. The first kappa shape index (κ1) is 15.5. The van der Waals surface area contributed by atoms with Gasteiger partial charge >= 0.3 is 0 Å². The minimum Gasteiger partial charge on any atom is -0.343 e. The lowest BCUT2D eigenvalue weighted by Crippen LogP contribution is -2.14. The first-order valence-corrected chi connectivity index (χ1v) is 7.25. The highest BCUT2D eigenvalue weighted by Gasteiger charge is 2.05. The quantitative estimate of drug-likeness (QED) is 0.299. The van der Waals surface area contributed by atoms with Crippen LogP contribution >= 0.6 is 0 Å². The van der Waals surface area contributed by atoms with Crippen molar-refractivity contribution in [3.63, 3.8) is 0 Å². The molecule has 118 valence electrons. The van der Waals surface area contributed by atoms with Crippen LogP contribution in [0.5, 0.6) is 0 Å². The topological polar surface area (TPSA) is 82.4 Å². The number of hydrogen-bond donors (Lipinski definition) is 3. The number of rotatable bonds is 4. The largest absolute Gasteiger partial charge is 0.343 e. The van der Waals surface area contributed by atoms with Gasteiger partial charge in [0.05, 0.1) is 17.6 Å². The molecule has 1 aromatic heterocycles. The van der Waals surface area contributed by atoms with Crippen LogP contribution in [0.2, 0.25) is 0 Å². The van der Waals surface area contributed by atoms with Crippen LogP contribution in [0.4, 0.5) is 5.69 Å². The highest BCUT2D eigenvalue weighted by atomic mass is 16.5. The van der Waals surface area contributed by atoms with E-state index in [2.05, 4.69) is 14.8 Å². The van der Waals surface area contributed by atoms with E-state index >= 15 is 0 Å². The predicted octanol–water partition coefficient (Wildman–Crippen LogP) is 3.22. The number of benzene rings is 2. The number of imidazole rings is 1. The molecule has 0 bridgehead atoms. The molecule has 24 heavy (non-hydrogen) atoms. The van der Waals surface area contributed by atoms with E-state index in [0.717, 1.165) is 28.0 Å². The van der Waals surface area contributed by atoms with Gasteiger partial charge in [-0.05, 0) is 29.3 Å². The van der Waals surface area contributed by atoms with Gasteiger partial charge < -0.3 is 4.98 Å². The molecule has 0 saturated heterocycles. The van der Waals surface area contributed by atoms with E-state index in [1.165, 1.54) is 6.08 Å². The lowest BCUT2D eigenvalue weighted by molar-refractivity contribution is -0.124. The van der Waals surface area contributed by atoms with Gasteiger partial charge in [0.1, 0.15) is 5.82 Å². The van der Waals surface area contributed by atoms with Gasteiger partial charge in [-0.15, -0.1) is 0 Å². The summed E-state index contributed by atoms with van der Waals surface area (Å²) >= 11 is 0. The van der Waals surface area contributed by atoms with Crippen molar-refractivity contribution >= 4 is 28.7 Å². The van der Waals surface area contributed by atoms with Crippen molar-refractivity contribution in [3.05, 3.63) is 76.9 Å². The van der Waals surface area contributed by atoms with Crippen molar-refractivity contribution in [2.75, 3.05) is 0 Å². The number of carbonyl (C=O) groups excluding carboxylic acids is 1. The molecule has 6 heteroatoms. The Morgan fingerprint density at radius 3 is 2.79 bits per heavy atom. The number of hydroxylamine groups is 1. The summed E-state index contributed by atoms with van der Waals surface area (Å²) in [5.41, 5.74) is 5.75. The third-order valence-corrected chi connectivity index (χ3v) is 3.53. The first-order valence-electron chi connectivity index (χ1n) is 7.25. The van der Waals surface area contributed by atoms with Gasteiger partial charge in [-0.2, -0.15) is 0 Å². The average Bonchev–Trinajstić information content (AvgIpc) is 3.02. The summed E-state index contributed by atoms with van der Waals surface area (Å²) in [4.78, 5) is 22.1. The molecule has 0 fully saturated rings. The molecule has 1 heterocycles. The van der Waals surface area contributed by atoms with Crippen LogP contribution in [-0.2, 0) is 11.2 Å². The smallest absolute Gasteiger partial charge is 0.267 e. The van der Waals surface area contributed by atoms with Gasteiger partial charge in [-0.25, -0.2) is 15.3 Å². The van der Waals surface area contributed by atoms with Crippen LogP contribution in [0.3, 0.4) is 0 Å². The van der Waals surface area contributed by atoms with Crippen molar-refractivity contribution in [1.82, 2.24) is 15.4 Å². The van der Waals surface area contributed by atoms with Crippen molar-refractivity contribution in [3.8, 4) is 0 Å². The Hall–Kier alpha value is -3.43. The molecule has 3 aromatic rings. The number of fused-ring (bicyclic) bond motifs is 1. The summed E-state index contributed by atoms with van der Waals surface area (Å²) in [5, 5.41) is 8.44. The SMILES string of the molecule is [C-]#[N+]c1ccc2nc(Cc3ccc(/C=C/C(=O)NO)cc3)[nH]c2c1. The molecule has 1 amide bonds. The molecule has 0 atom stereocenters. The summed E-state index contributed by atoms with van der Waals surface area (Å²) in [6.07, 6.45) is 3.51. The molecule has 2 aromatic carbocycles. The Bertz CT molecular complexity index is 949. The van der Waals surface area contributed by atoms with E-state index in [1.54, 1.807) is 23.7 Å². The van der Waals surface area contributed by atoms with Gasteiger partial charge in [0.25, 0.3) is 5.91 Å². The molecule has 0 saturated carbocycles. The highest BCUT2D eigenvalue weighted by molar-refractivity contribution is 5.90. The minimum absolute atomic E-state index is 0.569. The maximum absolute atomic E-state index is 10.9. The van der Waals surface area contributed by atoms with Gasteiger partial charge in [-0.3, -0.25) is 10.0 Å². The summed E-state index contributed by atoms with van der Waals surface area (Å²) < 4.78 is 0. The molecule has 0 aliphatic carbocycles. The summed E-state index contributed by atoms with van der Waals surface area (Å²) in [6.45, 7) is 7.04. The molecule has 0 aliphatic rings. The van der Waals surface area contributed by atoms with Crippen LogP contribution < -0.4 is 5.48 Å². The Kier molecular flexibility index (Phi) is 4.36. The van der Waals surface area contributed by atoms with E-state index in [4.69, 9.17) is 11.8 Å². The molecular weight excluding hydrogens is 304 g/mol. The second kappa shape index (κ2) is 6.77.